The van der Waals surface area contributed by atoms with Crippen molar-refractivity contribution in [1.29, 1.82) is 0 Å². The summed E-state index contributed by atoms with van der Waals surface area (Å²) >= 11 is 3.43. The lowest BCUT2D eigenvalue weighted by Gasteiger charge is -2.32. The van der Waals surface area contributed by atoms with Crippen LogP contribution in [0.15, 0.2) is 46.9 Å². The van der Waals surface area contributed by atoms with E-state index in [9.17, 15) is 9.59 Å². The largest absolute Gasteiger partial charge is 0.454 e. The van der Waals surface area contributed by atoms with Crippen LogP contribution in [0.25, 0.3) is 0 Å². The average molecular weight is 431 g/mol. The molecule has 6 nitrogen and oxygen atoms in total. The molecule has 0 spiro atoms. The van der Waals surface area contributed by atoms with Gasteiger partial charge in [0.25, 0.3) is 11.8 Å². The Balaban J connectivity index is 1.33. The van der Waals surface area contributed by atoms with E-state index in [2.05, 4.69) is 21.2 Å². The van der Waals surface area contributed by atoms with Gasteiger partial charge >= 0.3 is 0 Å². The summed E-state index contributed by atoms with van der Waals surface area (Å²) in [5.74, 6) is 1.13. The second-order valence-corrected chi connectivity index (χ2v) is 7.44. The molecule has 0 bridgehead atoms. The molecule has 2 heterocycles. The normalized spacial score (nSPS) is 16.3. The van der Waals surface area contributed by atoms with Crippen molar-refractivity contribution >= 4 is 27.7 Å². The number of nitrogens with one attached hydrogen (secondary N) is 1. The van der Waals surface area contributed by atoms with Crippen molar-refractivity contribution in [3.05, 3.63) is 58.1 Å². The molecule has 2 amide bonds. The highest BCUT2D eigenvalue weighted by Crippen LogP contribution is 2.32. The lowest BCUT2D eigenvalue weighted by molar-refractivity contribution is 0.0697. The highest BCUT2D eigenvalue weighted by atomic mass is 79.9. The van der Waals surface area contributed by atoms with E-state index in [1.165, 1.54) is 0 Å². The van der Waals surface area contributed by atoms with Gasteiger partial charge in [-0.1, -0.05) is 12.1 Å². The van der Waals surface area contributed by atoms with Crippen LogP contribution in [0.1, 0.15) is 33.6 Å². The first kappa shape index (κ1) is 17.9. The first-order chi connectivity index (χ1) is 13.1. The average Bonchev–Trinajstić information content (AvgIpc) is 3.16. The zero-order chi connectivity index (χ0) is 18.8. The van der Waals surface area contributed by atoms with Gasteiger partial charge in [-0.2, -0.15) is 0 Å². The van der Waals surface area contributed by atoms with Crippen LogP contribution in [-0.4, -0.2) is 42.6 Å². The molecule has 0 aromatic heterocycles. The van der Waals surface area contributed by atoms with Crippen molar-refractivity contribution in [2.45, 2.75) is 18.9 Å². The minimum atomic E-state index is -0.135. The van der Waals surface area contributed by atoms with Gasteiger partial charge in [0.05, 0.1) is 5.56 Å². The number of halogens is 1. The van der Waals surface area contributed by atoms with Gasteiger partial charge < -0.3 is 19.7 Å². The number of rotatable bonds is 3. The molecule has 0 unspecified atom stereocenters. The maximum atomic E-state index is 12.7. The Bertz CT molecular complexity index is 878. The molecule has 1 saturated heterocycles. The highest BCUT2D eigenvalue weighted by Gasteiger charge is 2.26. The van der Waals surface area contributed by atoms with Crippen molar-refractivity contribution in [3.8, 4) is 11.5 Å². The number of benzene rings is 2. The fourth-order valence-electron chi connectivity index (χ4n) is 3.34. The smallest absolute Gasteiger partial charge is 0.254 e. The second-order valence-electron chi connectivity index (χ2n) is 6.59. The van der Waals surface area contributed by atoms with Crippen LogP contribution < -0.4 is 14.8 Å². The summed E-state index contributed by atoms with van der Waals surface area (Å²) < 4.78 is 11.4. The Labute approximate surface area is 165 Å². The minimum Gasteiger partial charge on any atom is -0.454 e. The van der Waals surface area contributed by atoms with Crippen LogP contribution in [0, 0.1) is 0 Å². The molecule has 1 fully saturated rings. The number of likely N-dealkylation sites (tertiary alicyclic amines) is 1. The van der Waals surface area contributed by atoms with Crippen molar-refractivity contribution in [2.24, 2.45) is 0 Å². The number of carbonyl (C=O) groups excluding carboxylic acids is 2. The van der Waals surface area contributed by atoms with E-state index in [0.717, 1.165) is 17.3 Å². The summed E-state index contributed by atoms with van der Waals surface area (Å²) in [6.07, 6.45) is 1.46. The third-order valence-electron chi connectivity index (χ3n) is 4.86. The Hall–Kier alpha value is -2.54. The van der Waals surface area contributed by atoms with Gasteiger partial charge in [0.1, 0.15) is 0 Å². The van der Waals surface area contributed by atoms with E-state index in [0.29, 0.717) is 35.7 Å². The summed E-state index contributed by atoms with van der Waals surface area (Å²) in [6.45, 7) is 1.42. The van der Waals surface area contributed by atoms with E-state index in [-0.39, 0.29) is 24.6 Å². The van der Waals surface area contributed by atoms with E-state index in [1.54, 1.807) is 18.2 Å². The topological polar surface area (TPSA) is 67.9 Å². The summed E-state index contributed by atoms with van der Waals surface area (Å²) in [5.41, 5.74) is 1.21. The Morgan fingerprint density at radius 2 is 1.78 bits per heavy atom. The predicted octanol–water partition coefficient (Wildman–Crippen LogP) is 3.21. The number of fused-ring (bicyclic) bond motifs is 1. The Morgan fingerprint density at radius 1 is 1.04 bits per heavy atom. The van der Waals surface area contributed by atoms with Gasteiger partial charge in [0.2, 0.25) is 6.79 Å². The number of nitrogens with zero attached hydrogens (tertiary/aromatic N) is 1. The van der Waals surface area contributed by atoms with Crippen molar-refractivity contribution in [2.75, 3.05) is 19.9 Å². The maximum absolute atomic E-state index is 12.7. The lowest BCUT2D eigenvalue weighted by atomic mass is 10.0. The zero-order valence-corrected chi connectivity index (χ0v) is 16.2. The highest BCUT2D eigenvalue weighted by molar-refractivity contribution is 9.10. The predicted molar refractivity (Wildman–Crippen MR) is 103 cm³/mol. The summed E-state index contributed by atoms with van der Waals surface area (Å²) in [5, 5.41) is 3.05. The minimum absolute atomic E-state index is 0.0167. The van der Waals surface area contributed by atoms with E-state index >= 15 is 0 Å². The zero-order valence-electron chi connectivity index (χ0n) is 14.6. The summed E-state index contributed by atoms with van der Waals surface area (Å²) in [6, 6.07) is 12.7. The number of ether oxygens (including phenoxy) is 2. The number of piperidine rings is 1. The molecule has 4 rings (SSSR count). The van der Waals surface area contributed by atoms with Crippen molar-refractivity contribution in [1.82, 2.24) is 10.2 Å². The molecular weight excluding hydrogens is 412 g/mol. The molecule has 7 heteroatoms. The molecular formula is C20H19BrN2O4. The van der Waals surface area contributed by atoms with Gasteiger partial charge in [0.15, 0.2) is 11.5 Å². The number of hydrogen-bond acceptors (Lipinski definition) is 4. The van der Waals surface area contributed by atoms with Gasteiger partial charge in [-0.25, -0.2) is 0 Å². The SMILES string of the molecule is O=C(NC1CCN(C(=O)c2ccccc2Br)CC1)c1ccc2c(c1)OCO2. The summed E-state index contributed by atoms with van der Waals surface area (Å²) in [7, 11) is 0. The second kappa shape index (κ2) is 7.60. The van der Waals surface area contributed by atoms with Crippen molar-refractivity contribution < 1.29 is 19.1 Å². The van der Waals surface area contributed by atoms with E-state index < -0.39 is 0 Å². The first-order valence-electron chi connectivity index (χ1n) is 8.86. The van der Waals surface area contributed by atoms with Crippen LogP contribution in [0.4, 0.5) is 0 Å². The molecule has 1 N–H and O–H groups in total. The lowest BCUT2D eigenvalue weighted by Crippen LogP contribution is -2.46. The fourth-order valence-corrected chi connectivity index (χ4v) is 3.79. The van der Waals surface area contributed by atoms with Gasteiger partial charge in [-0.15, -0.1) is 0 Å². The maximum Gasteiger partial charge on any atom is 0.254 e. The van der Waals surface area contributed by atoms with Crippen LogP contribution >= 0.6 is 15.9 Å². The standard InChI is InChI=1S/C20H19BrN2O4/c21-16-4-2-1-3-15(16)20(25)23-9-7-14(8-10-23)22-19(24)13-5-6-17-18(11-13)27-12-26-17/h1-6,11,14H,7-10,12H2,(H,22,24). The molecule has 2 aromatic rings. The Morgan fingerprint density at radius 3 is 2.56 bits per heavy atom. The number of amides is 2. The number of hydrogen-bond donors (Lipinski definition) is 1. The summed E-state index contributed by atoms with van der Waals surface area (Å²) in [4.78, 5) is 27.0. The van der Waals surface area contributed by atoms with E-state index in [1.807, 2.05) is 29.2 Å². The molecule has 0 radical (unpaired) electrons. The van der Waals surface area contributed by atoms with Crippen molar-refractivity contribution in [3.63, 3.8) is 0 Å². The van der Waals surface area contributed by atoms with Crippen LogP contribution in [0.2, 0.25) is 0 Å². The molecule has 2 aliphatic rings. The van der Waals surface area contributed by atoms with Gasteiger partial charge in [-0.3, -0.25) is 9.59 Å². The van der Waals surface area contributed by atoms with Crippen LogP contribution in [-0.2, 0) is 0 Å². The monoisotopic (exact) mass is 430 g/mol. The van der Waals surface area contributed by atoms with Crippen LogP contribution in [0.5, 0.6) is 11.5 Å². The molecule has 27 heavy (non-hydrogen) atoms. The van der Waals surface area contributed by atoms with E-state index in [4.69, 9.17) is 9.47 Å². The van der Waals surface area contributed by atoms with Crippen LogP contribution in [0.3, 0.4) is 0 Å². The molecule has 2 aromatic carbocycles. The Kier molecular flexibility index (Phi) is 5.03. The van der Waals surface area contributed by atoms with Gasteiger partial charge in [0, 0.05) is 29.2 Å². The molecule has 0 saturated carbocycles. The molecule has 2 aliphatic heterocycles. The number of carbonyl (C=O) groups is 2. The molecule has 0 aliphatic carbocycles. The molecule has 140 valence electrons. The first-order valence-corrected chi connectivity index (χ1v) is 9.65. The fraction of sp³-hybridized carbons (Fsp3) is 0.300. The molecule has 0 atom stereocenters. The third kappa shape index (κ3) is 3.78. The van der Waals surface area contributed by atoms with Gasteiger partial charge in [-0.05, 0) is 59.1 Å². The third-order valence-corrected chi connectivity index (χ3v) is 5.55. The quantitative estimate of drug-likeness (QED) is 0.811.